The minimum absolute atomic E-state index is 0.122. The normalized spacial score (nSPS) is 12.8. The van der Waals surface area contributed by atoms with Gasteiger partial charge in [0.25, 0.3) is 5.56 Å². The molecule has 0 radical (unpaired) electrons. The number of nitrogens with one attached hydrogen (secondary N) is 1. The number of aromatic nitrogens is 2. The van der Waals surface area contributed by atoms with Crippen LogP contribution >= 0.6 is 11.8 Å². The lowest BCUT2D eigenvalue weighted by Gasteiger charge is -2.02. The van der Waals surface area contributed by atoms with E-state index < -0.39 is 6.10 Å². The van der Waals surface area contributed by atoms with Gasteiger partial charge in [0.1, 0.15) is 0 Å². The lowest BCUT2D eigenvalue weighted by Crippen LogP contribution is -2.12. The number of aliphatic hydroxyl groups excluding tert-OH is 1. The summed E-state index contributed by atoms with van der Waals surface area (Å²) in [5.41, 5.74) is 0.476. The molecule has 1 atom stereocenters. The summed E-state index contributed by atoms with van der Waals surface area (Å²) < 4.78 is 0. The average molecular weight is 200 g/mol. The van der Waals surface area contributed by atoms with Gasteiger partial charge in [-0.05, 0) is 13.8 Å². The fraction of sp³-hybridized carbons (Fsp3) is 0.500. The molecule has 1 rings (SSSR count). The summed E-state index contributed by atoms with van der Waals surface area (Å²) in [6.45, 7) is 3.40. The number of aromatic amines is 1. The predicted molar refractivity (Wildman–Crippen MR) is 52.0 cm³/mol. The molecule has 4 nitrogen and oxygen atoms in total. The van der Waals surface area contributed by atoms with E-state index in [9.17, 15) is 4.79 Å². The zero-order valence-electron chi connectivity index (χ0n) is 7.57. The maximum Gasteiger partial charge on any atom is 0.254 e. The Morgan fingerprint density at radius 1 is 1.77 bits per heavy atom. The summed E-state index contributed by atoms with van der Waals surface area (Å²) in [7, 11) is 0. The van der Waals surface area contributed by atoms with Crippen molar-refractivity contribution in [1.29, 1.82) is 0 Å². The van der Waals surface area contributed by atoms with Crippen LogP contribution in [0.4, 0.5) is 0 Å². The van der Waals surface area contributed by atoms with E-state index in [1.54, 1.807) is 13.8 Å². The van der Waals surface area contributed by atoms with Crippen molar-refractivity contribution in [3.8, 4) is 0 Å². The third kappa shape index (κ3) is 3.20. The molecule has 0 aromatic carbocycles. The van der Waals surface area contributed by atoms with Gasteiger partial charge in [0.2, 0.25) is 0 Å². The predicted octanol–water partition coefficient (Wildman–Crippen LogP) is 0.551. The largest absolute Gasteiger partial charge is 0.393 e. The molecule has 0 aliphatic rings. The molecule has 0 saturated heterocycles. The molecule has 0 amide bonds. The van der Waals surface area contributed by atoms with E-state index in [0.29, 0.717) is 16.5 Å². The third-order valence-corrected chi connectivity index (χ3v) is 2.55. The molecule has 5 heteroatoms. The van der Waals surface area contributed by atoms with E-state index >= 15 is 0 Å². The van der Waals surface area contributed by atoms with E-state index in [4.69, 9.17) is 5.11 Å². The number of hydrogen-bond donors (Lipinski definition) is 2. The Morgan fingerprint density at radius 2 is 2.46 bits per heavy atom. The van der Waals surface area contributed by atoms with Crippen molar-refractivity contribution < 1.29 is 5.11 Å². The summed E-state index contributed by atoms with van der Waals surface area (Å²) in [6.07, 6.45) is 1.14. The highest BCUT2D eigenvalue weighted by Crippen LogP contribution is 2.11. The SMILES string of the molecule is Cc1cnc(SC[C@@H](C)O)[nH]c1=O. The molecule has 0 fully saturated rings. The average Bonchev–Trinajstić information content (AvgIpc) is 2.07. The zero-order valence-corrected chi connectivity index (χ0v) is 8.39. The Kier molecular flexibility index (Phi) is 3.50. The first-order valence-corrected chi connectivity index (χ1v) is 4.95. The highest BCUT2D eigenvalue weighted by Gasteiger charge is 2.01. The van der Waals surface area contributed by atoms with Gasteiger partial charge in [-0.2, -0.15) is 0 Å². The molecule has 1 aromatic heterocycles. The van der Waals surface area contributed by atoms with Crippen molar-refractivity contribution in [2.24, 2.45) is 0 Å². The maximum atomic E-state index is 11.1. The smallest absolute Gasteiger partial charge is 0.254 e. The second-order valence-electron chi connectivity index (χ2n) is 2.86. The monoisotopic (exact) mass is 200 g/mol. The van der Waals surface area contributed by atoms with Crippen molar-refractivity contribution in [3.05, 3.63) is 22.1 Å². The second kappa shape index (κ2) is 4.43. The van der Waals surface area contributed by atoms with Crippen LogP contribution in [0.15, 0.2) is 16.1 Å². The summed E-state index contributed by atoms with van der Waals surface area (Å²) in [6, 6.07) is 0. The van der Waals surface area contributed by atoms with Gasteiger partial charge in [-0.3, -0.25) is 4.79 Å². The fourth-order valence-corrected chi connectivity index (χ4v) is 1.41. The van der Waals surface area contributed by atoms with E-state index in [-0.39, 0.29) is 5.56 Å². The molecule has 0 saturated carbocycles. The number of thioether (sulfide) groups is 1. The second-order valence-corrected chi connectivity index (χ2v) is 3.87. The van der Waals surface area contributed by atoms with Crippen LogP contribution in [0.1, 0.15) is 12.5 Å². The first-order chi connectivity index (χ1) is 6.09. The summed E-state index contributed by atoms with van der Waals surface area (Å²) in [4.78, 5) is 17.7. The van der Waals surface area contributed by atoms with Crippen LogP contribution in [0, 0.1) is 6.92 Å². The van der Waals surface area contributed by atoms with Crippen molar-refractivity contribution in [2.75, 3.05) is 5.75 Å². The summed E-state index contributed by atoms with van der Waals surface area (Å²) >= 11 is 1.33. The van der Waals surface area contributed by atoms with Crippen molar-refractivity contribution >= 4 is 11.8 Å². The number of hydrogen-bond acceptors (Lipinski definition) is 4. The number of rotatable bonds is 3. The first kappa shape index (κ1) is 10.3. The van der Waals surface area contributed by atoms with Gasteiger partial charge >= 0.3 is 0 Å². The van der Waals surface area contributed by atoms with Gasteiger partial charge in [0, 0.05) is 17.5 Å². The maximum absolute atomic E-state index is 11.1. The van der Waals surface area contributed by atoms with Gasteiger partial charge < -0.3 is 10.1 Å². The first-order valence-electron chi connectivity index (χ1n) is 3.96. The Labute approximate surface area is 80.4 Å². The number of aliphatic hydroxyl groups is 1. The minimum atomic E-state index is -0.392. The lowest BCUT2D eigenvalue weighted by molar-refractivity contribution is 0.220. The molecule has 1 heterocycles. The van der Waals surface area contributed by atoms with Gasteiger partial charge in [-0.25, -0.2) is 4.98 Å². The summed E-state index contributed by atoms with van der Waals surface area (Å²) in [5, 5.41) is 9.55. The van der Waals surface area contributed by atoms with Crippen LogP contribution in [0.25, 0.3) is 0 Å². The molecular formula is C8H12N2O2S. The minimum Gasteiger partial charge on any atom is -0.393 e. The highest BCUT2D eigenvalue weighted by molar-refractivity contribution is 7.99. The van der Waals surface area contributed by atoms with Crippen molar-refractivity contribution in [3.63, 3.8) is 0 Å². The number of aryl methyl sites for hydroxylation is 1. The highest BCUT2D eigenvalue weighted by atomic mass is 32.2. The van der Waals surface area contributed by atoms with Crippen LogP contribution in [-0.4, -0.2) is 26.9 Å². The van der Waals surface area contributed by atoms with E-state index in [0.717, 1.165) is 0 Å². The molecule has 2 N–H and O–H groups in total. The molecule has 72 valence electrons. The van der Waals surface area contributed by atoms with Gasteiger partial charge in [0.05, 0.1) is 6.10 Å². The van der Waals surface area contributed by atoms with Crippen molar-refractivity contribution in [2.45, 2.75) is 25.1 Å². The zero-order chi connectivity index (χ0) is 9.84. The van der Waals surface area contributed by atoms with Crippen molar-refractivity contribution in [1.82, 2.24) is 9.97 Å². The van der Waals surface area contributed by atoms with Gasteiger partial charge in [-0.15, -0.1) is 0 Å². The van der Waals surface area contributed by atoms with Gasteiger partial charge in [-0.1, -0.05) is 11.8 Å². The summed E-state index contributed by atoms with van der Waals surface area (Å²) in [5.74, 6) is 0.534. The third-order valence-electron chi connectivity index (χ3n) is 1.42. The molecule has 0 unspecified atom stereocenters. The topological polar surface area (TPSA) is 66.0 Å². The molecule has 0 spiro atoms. The van der Waals surface area contributed by atoms with E-state index in [1.807, 2.05) is 0 Å². The quantitative estimate of drug-likeness (QED) is 0.552. The molecular weight excluding hydrogens is 188 g/mol. The molecule has 0 aliphatic heterocycles. The molecule has 13 heavy (non-hydrogen) atoms. The van der Waals surface area contributed by atoms with Crippen LogP contribution in [0.3, 0.4) is 0 Å². The fourth-order valence-electron chi connectivity index (χ4n) is 0.715. The lowest BCUT2D eigenvalue weighted by atomic mass is 10.4. The number of H-pyrrole nitrogens is 1. The Bertz CT molecular complexity index is 335. The van der Waals surface area contributed by atoms with E-state index in [2.05, 4.69) is 9.97 Å². The van der Waals surface area contributed by atoms with Crippen LogP contribution in [0.2, 0.25) is 0 Å². The van der Waals surface area contributed by atoms with Crippen LogP contribution in [0.5, 0.6) is 0 Å². The Balaban J connectivity index is 2.69. The standard InChI is InChI=1S/C8H12N2O2S/c1-5-3-9-8(10-7(5)12)13-4-6(2)11/h3,6,11H,4H2,1-2H3,(H,9,10,12)/t6-/m1/s1. The molecule has 0 aliphatic carbocycles. The van der Waals surface area contributed by atoms with Crippen LogP contribution < -0.4 is 5.56 Å². The Hall–Kier alpha value is -0.810. The van der Waals surface area contributed by atoms with E-state index in [1.165, 1.54) is 18.0 Å². The van der Waals surface area contributed by atoms with Gasteiger partial charge in [0.15, 0.2) is 5.16 Å². The molecule has 1 aromatic rings. The van der Waals surface area contributed by atoms with Crippen LogP contribution in [-0.2, 0) is 0 Å². The molecule has 0 bridgehead atoms. The Morgan fingerprint density at radius 3 is 3.00 bits per heavy atom. The number of nitrogens with zero attached hydrogens (tertiary/aromatic N) is 1.